The number of esters is 2. The topological polar surface area (TPSA) is 64.6 Å². The largest absolute Gasteiger partial charge is 0.469 e. The smallest absolute Gasteiger partial charge is 0.332 e. The van der Waals surface area contributed by atoms with E-state index in [1.165, 1.54) is 13.2 Å². The standard InChI is InChI=1S/C17H21Cl2NO4/c1-4-24-17(22)8-11(2)20-12(10-16(21)23-3)9-13-14(18)6-5-7-15(13)19/h5-8,12,20H,4,9-10H2,1-3H3. The fourth-order valence-electron chi connectivity index (χ4n) is 2.16. The lowest BCUT2D eigenvalue weighted by Gasteiger charge is -2.20. The molecule has 1 rings (SSSR count). The van der Waals surface area contributed by atoms with Crippen molar-refractivity contribution in [2.75, 3.05) is 13.7 Å². The summed E-state index contributed by atoms with van der Waals surface area (Å²) in [5.74, 6) is -0.824. The minimum absolute atomic E-state index is 0.103. The molecular formula is C17H21Cl2NO4. The quantitative estimate of drug-likeness (QED) is 0.557. The molecule has 0 heterocycles. The molecular weight excluding hydrogens is 353 g/mol. The molecule has 0 aliphatic rings. The lowest BCUT2D eigenvalue weighted by atomic mass is 10.0. The second-order valence-electron chi connectivity index (χ2n) is 5.11. The molecule has 5 nitrogen and oxygen atoms in total. The number of benzene rings is 1. The fourth-order valence-corrected chi connectivity index (χ4v) is 2.71. The number of hydrogen-bond donors (Lipinski definition) is 1. The predicted octanol–water partition coefficient (Wildman–Crippen LogP) is 3.52. The van der Waals surface area contributed by atoms with E-state index in [9.17, 15) is 9.59 Å². The van der Waals surface area contributed by atoms with Crippen molar-refractivity contribution < 1.29 is 19.1 Å². The van der Waals surface area contributed by atoms with Gasteiger partial charge in [-0.2, -0.15) is 0 Å². The van der Waals surface area contributed by atoms with Gasteiger partial charge in [-0.25, -0.2) is 4.79 Å². The molecule has 0 saturated heterocycles. The third kappa shape index (κ3) is 6.81. The monoisotopic (exact) mass is 373 g/mol. The van der Waals surface area contributed by atoms with Crippen LogP contribution in [0, 0.1) is 0 Å². The number of carbonyl (C=O) groups excluding carboxylic acids is 2. The highest BCUT2D eigenvalue weighted by atomic mass is 35.5. The fraction of sp³-hybridized carbons (Fsp3) is 0.412. The molecule has 24 heavy (non-hydrogen) atoms. The molecule has 7 heteroatoms. The van der Waals surface area contributed by atoms with E-state index in [0.29, 0.717) is 28.8 Å². The zero-order chi connectivity index (χ0) is 18.1. The lowest BCUT2D eigenvalue weighted by molar-refractivity contribution is -0.141. The molecule has 0 aliphatic carbocycles. The van der Waals surface area contributed by atoms with Crippen LogP contribution in [0.15, 0.2) is 30.0 Å². The van der Waals surface area contributed by atoms with Gasteiger partial charge in [0.2, 0.25) is 0 Å². The molecule has 1 aromatic carbocycles. The minimum Gasteiger partial charge on any atom is -0.469 e. The molecule has 0 aliphatic heterocycles. The summed E-state index contributed by atoms with van der Waals surface area (Å²) in [5.41, 5.74) is 1.30. The van der Waals surface area contributed by atoms with Crippen LogP contribution in [0.4, 0.5) is 0 Å². The van der Waals surface area contributed by atoms with Crippen molar-refractivity contribution >= 4 is 35.1 Å². The van der Waals surface area contributed by atoms with Gasteiger partial charge in [-0.15, -0.1) is 0 Å². The zero-order valence-corrected chi connectivity index (χ0v) is 15.4. The van der Waals surface area contributed by atoms with Crippen LogP contribution in [-0.4, -0.2) is 31.7 Å². The second kappa shape index (κ2) is 10.2. The summed E-state index contributed by atoms with van der Waals surface area (Å²) >= 11 is 12.4. The number of rotatable bonds is 8. The zero-order valence-electron chi connectivity index (χ0n) is 13.9. The van der Waals surface area contributed by atoms with Crippen molar-refractivity contribution in [3.8, 4) is 0 Å². The first-order valence-electron chi connectivity index (χ1n) is 7.48. The highest BCUT2D eigenvalue weighted by molar-refractivity contribution is 6.36. The van der Waals surface area contributed by atoms with Gasteiger partial charge >= 0.3 is 11.9 Å². The summed E-state index contributed by atoms with van der Waals surface area (Å²) in [6.45, 7) is 3.74. The van der Waals surface area contributed by atoms with Gasteiger partial charge in [-0.05, 0) is 38.0 Å². The number of nitrogens with one attached hydrogen (secondary N) is 1. The van der Waals surface area contributed by atoms with Crippen LogP contribution in [0.2, 0.25) is 10.0 Å². The van der Waals surface area contributed by atoms with Gasteiger partial charge in [-0.1, -0.05) is 29.3 Å². The molecule has 0 spiro atoms. The van der Waals surface area contributed by atoms with Gasteiger partial charge in [0.05, 0.1) is 20.1 Å². The van der Waals surface area contributed by atoms with Crippen LogP contribution in [0.25, 0.3) is 0 Å². The summed E-state index contributed by atoms with van der Waals surface area (Å²) in [7, 11) is 1.32. The van der Waals surface area contributed by atoms with E-state index in [-0.39, 0.29) is 18.4 Å². The Hall–Kier alpha value is -1.72. The van der Waals surface area contributed by atoms with Crippen molar-refractivity contribution in [3.63, 3.8) is 0 Å². The van der Waals surface area contributed by atoms with E-state index in [4.69, 9.17) is 32.7 Å². The van der Waals surface area contributed by atoms with Crippen molar-refractivity contribution in [1.29, 1.82) is 0 Å². The van der Waals surface area contributed by atoms with Gasteiger partial charge in [0.1, 0.15) is 0 Å². The van der Waals surface area contributed by atoms with Gasteiger partial charge in [0.15, 0.2) is 0 Å². The van der Waals surface area contributed by atoms with Crippen LogP contribution in [-0.2, 0) is 25.5 Å². The Balaban J connectivity index is 2.92. The van der Waals surface area contributed by atoms with Gasteiger partial charge in [0.25, 0.3) is 0 Å². The summed E-state index contributed by atoms with van der Waals surface area (Å²) in [4.78, 5) is 23.2. The van der Waals surface area contributed by atoms with Gasteiger partial charge in [-0.3, -0.25) is 4.79 Å². The molecule has 0 bridgehead atoms. The Morgan fingerprint density at radius 2 is 1.92 bits per heavy atom. The van der Waals surface area contributed by atoms with E-state index in [1.54, 1.807) is 32.0 Å². The summed E-state index contributed by atoms with van der Waals surface area (Å²) in [5, 5.41) is 4.16. The lowest BCUT2D eigenvalue weighted by Crippen LogP contribution is -2.33. The predicted molar refractivity (Wildman–Crippen MR) is 94.1 cm³/mol. The first kappa shape index (κ1) is 20.3. The van der Waals surface area contributed by atoms with E-state index >= 15 is 0 Å². The summed E-state index contributed by atoms with van der Waals surface area (Å²) in [6.07, 6.45) is 1.84. The van der Waals surface area contributed by atoms with Gasteiger partial charge in [0, 0.05) is 27.9 Å². The SMILES string of the molecule is CCOC(=O)C=C(C)NC(CC(=O)OC)Cc1c(Cl)cccc1Cl. The Kier molecular flexibility index (Phi) is 8.65. The maximum Gasteiger partial charge on any atom is 0.332 e. The second-order valence-corrected chi connectivity index (χ2v) is 5.92. The van der Waals surface area contributed by atoms with Crippen LogP contribution in [0.3, 0.4) is 0 Å². The normalized spacial score (nSPS) is 12.5. The van der Waals surface area contributed by atoms with E-state index in [1.807, 2.05) is 0 Å². The Bertz CT molecular complexity index is 596. The van der Waals surface area contributed by atoms with Gasteiger partial charge < -0.3 is 14.8 Å². The van der Waals surface area contributed by atoms with Crippen LogP contribution in [0.5, 0.6) is 0 Å². The van der Waals surface area contributed by atoms with E-state index in [2.05, 4.69) is 5.32 Å². The summed E-state index contributed by atoms with van der Waals surface area (Å²) < 4.78 is 9.59. The van der Waals surface area contributed by atoms with Crippen molar-refractivity contribution in [3.05, 3.63) is 45.6 Å². The van der Waals surface area contributed by atoms with E-state index in [0.717, 1.165) is 5.56 Å². The van der Waals surface area contributed by atoms with Crippen LogP contribution in [0.1, 0.15) is 25.8 Å². The third-order valence-electron chi connectivity index (χ3n) is 3.21. The molecule has 1 atom stereocenters. The molecule has 1 unspecified atom stereocenters. The number of carbonyl (C=O) groups is 2. The average molecular weight is 374 g/mol. The van der Waals surface area contributed by atoms with Crippen LogP contribution >= 0.6 is 23.2 Å². The van der Waals surface area contributed by atoms with Crippen molar-refractivity contribution in [1.82, 2.24) is 5.32 Å². The molecule has 0 saturated carbocycles. The Morgan fingerprint density at radius 3 is 2.46 bits per heavy atom. The molecule has 0 aromatic heterocycles. The molecule has 1 aromatic rings. The molecule has 132 valence electrons. The minimum atomic E-state index is -0.449. The van der Waals surface area contributed by atoms with Crippen molar-refractivity contribution in [2.45, 2.75) is 32.7 Å². The third-order valence-corrected chi connectivity index (χ3v) is 3.91. The maximum absolute atomic E-state index is 11.6. The van der Waals surface area contributed by atoms with Crippen LogP contribution < -0.4 is 5.32 Å². The first-order chi connectivity index (χ1) is 11.4. The maximum atomic E-state index is 11.6. The number of allylic oxidation sites excluding steroid dienone is 1. The molecule has 0 amide bonds. The molecule has 1 N–H and O–H groups in total. The Labute approximate surface area is 151 Å². The Morgan fingerprint density at radius 1 is 1.29 bits per heavy atom. The number of hydrogen-bond acceptors (Lipinski definition) is 5. The van der Waals surface area contributed by atoms with Crippen molar-refractivity contribution in [2.24, 2.45) is 0 Å². The molecule has 0 fully saturated rings. The number of ether oxygens (including phenoxy) is 2. The molecule has 0 radical (unpaired) electrons. The average Bonchev–Trinajstić information content (AvgIpc) is 2.50. The number of halogens is 2. The highest BCUT2D eigenvalue weighted by Gasteiger charge is 2.18. The first-order valence-corrected chi connectivity index (χ1v) is 8.24. The highest BCUT2D eigenvalue weighted by Crippen LogP contribution is 2.26. The van der Waals surface area contributed by atoms with E-state index < -0.39 is 5.97 Å². The summed E-state index contributed by atoms with van der Waals surface area (Å²) in [6, 6.07) is 4.89. The number of methoxy groups -OCH3 is 1.